The number of amides is 2. The molecule has 10 heteroatoms. The van der Waals surface area contributed by atoms with Crippen LogP contribution in [0, 0.1) is 0 Å². The number of rotatable bonds is 5. The topological polar surface area (TPSA) is 116 Å². The van der Waals surface area contributed by atoms with E-state index in [1.165, 1.54) is 23.1 Å². The molecule has 0 fully saturated rings. The predicted molar refractivity (Wildman–Crippen MR) is 80.3 cm³/mol. The van der Waals surface area contributed by atoms with Crippen molar-refractivity contribution in [1.29, 1.82) is 0 Å². The summed E-state index contributed by atoms with van der Waals surface area (Å²) in [6, 6.07) is 4.90. The van der Waals surface area contributed by atoms with Crippen LogP contribution in [-0.4, -0.2) is 34.6 Å². The summed E-state index contributed by atoms with van der Waals surface area (Å²) in [6.07, 6.45) is 0. The first kappa shape index (κ1) is 14.6. The van der Waals surface area contributed by atoms with Gasteiger partial charge >= 0.3 is 0 Å². The number of thioether (sulfide) groups is 1. The van der Waals surface area contributed by atoms with Crippen molar-refractivity contribution in [2.45, 2.75) is 4.34 Å². The Kier molecular flexibility index (Phi) is 4.11. The zero-order chi connectivity index (χ0) is 15.5. The summed E-state index contributed by atoms with van der Waals surface area (Å²) in [5.74, 6) is 0.484. The number of hydrogen-bond donors (Lipinski definition) is 2. The van der Waals surface area contributed by atoms with E-state index in [4.69, 9.17) is 15.2 Å². The van der Waals surface area contributed by atoms with Gasteiger partial charge in [0.25, 0.3) is 5.91 Å². The van der Waals surface area contributed by atoms with E-state index in [1.54, 1.807) is 18.2 Å². The first-order valence-corrected chi connectivity index (χ1v) is 7.87. The summed E-state index contributed by atoms with van der Waals surface area (Å²) in [5.41, 5.74) is 5.48. The fourth-order valence-corrected chi connectivity index (χ4v) is 3.14. The molecular formula is C12H10N4O4S2. The Balaban J connectivity index is 1.65. The van der Waals surface area contributed by atoms with Gasteiger partial charge in [0.1, 0.15) is 0 Å². The van der Waals surface area contributed by atoms with Crippen molar-refractivity contribution in [3.8, 4) is 11.5 Å². The molecule has 1 aliphatic rings. The Morgan fingerprint density at radius 2 is 2.14 bits per heavy atom. The zero-order valence-electron chi connectivity index (χ0n) is 11.1. The summed E-state index contributed by atoms with van der Waals surface area (Å²) < 4.78 is 11.0. The van der Waals surface area contributed by atoms with Crippen molar-refractivity contribution in [2.75, 3.05) is 17.9 Å². The summed E-state index contributed by atoms with van der Waals surface area (Å²) >= 11 is 2.34. The minimum Gasteiger partial charge on any atom is -0.454 e. The van der Waals surface area contributed by atoms with Crippen LogP contribution in [-0.2, 0) is 4.79 Å². The zero-order valence-corrected chi connectivity index (χ0v) is 12.7. The molecule has 0 aliphatic carbocycles. The number of nitrogens with one attached hydrogen (secondary N) is 1. The van der Waals surface area contributed by atoms with Crippen LogP contribution in [0.15, 0.2) is 22.5 Å². The molecule has 2 heterocycles. The van der Waals surface area contributed by atoms with E-state index < -0.39 is 5.91 Å². The lowest BCUT2D eigenvalue weighted by Gasteiger charge is -2.02. The van der Waals surface area contributed by atoms with Gasteiger partial charge in [-0.1, -0.05) is 23.1 Å². The Morgan fingerprint density at radius 3 is 2.95 bits per heavy atom. The lowest BCUT2D eigenvalue weighted by molar-refractivity contribution is -0.115. The molecule has 3 N–H and O–H groups in total. The van der Waals surface area contributed by atoms with E-state index in [2.05, 4.69) is 15.5 Å². The van der Waals surface area contributed by atoms with Crippen molar-refractivity contribution < 1.29 is 19.1 Å². The van der Waals surface area contributed by atoms with Crippen LogP contribution in [0.1, 0.15) is 10.4 Å². The smallest absolute Gasteiger partial charge is 0.257 e. The number of primary amides is 1. The predicted octanol–water partition coefficient (Wildman–Crippen LogP) is 1.10. The number of nitrogens with zero attached hydrogens (tertiary/aromatic N) is 2. The number of carbonyl (C=O) groups excluding carboxylic acids is 2. The highest BCUT2D eigenvalue weighted by atomic mass is 32.2. The highest BCUT2D eigenvalue weighted by molar-refractivity contribution is 8.01. The summed E-state index contributed by atoms with van der Waals surface area (Å²) in [6.45, 7) is 0.150. The maximum Gasteiger partial charge on any atom is 0.257 e. The second kappa shape index (κ2) is 6.20. The highest BCUT2D eigenvalue weighted by Crippen LogP contribution is 2.33. The van der Waals surface area contributed by atoms with Crippen LogP contribution in [0.3, 0.4) is 0 Å². The summed E-state index contributed by atoms with van der Waals surface area (Å²) in [4.78, 5) is 22.8. The van der Waals surface area contributed by atoms with Gasteiger partial charge in [-0.25, -0.2) is 0 Å². The average Bonchev–Trinajstić information content (AvgIpc) is 3.12. The van der Waals surface area contributed by atoms with Gasteiger partial charge in [0.05, 0.1) is 5.75 Å². The Bertz CT molecular complexity index is 734. The van der Waals surface area contributed by atoms with E-state index in [1.807, 2.05) is 0 Å². The lowest BCUT2D eigenvalue weighted by Crippen LogP contribution is -2.12. The molecule has 0 atom stereocenters. The fraction of sp³-hybridized carbons (Fsp3) is 0.167. The van der Waals surface area contributed by atoms with E-state index in [9.17, 15) is 9.59 Å². The van der Waals surface area contributed by atoms with Gasteiger partial charge in [-0.15, -0.1) is 10.2 Å². The molecule has 0 saturated heterocycles. The van der Waals surface area contributed by atoms with Gasteiger partial charge in [0.2, 0.25) is 17.8 Å². The van der Waals surface area contributed by atoms with Crippen LogP contribution in [0.5, 0.6) is 11.5 Å². The van der Waals surface area contributed by atoms with Gasteiger partial charge in [0, 0.05) is 5.56 Å². The number of aromatic nitrogens is 2. The first-order valence-electron chi connectivity index (χ1n) is 6.07. The van der Waals surface area contributed by atoms with Crippen molar-refractivity contribution in [2.24, 2.45) is 5.73 Å². The number of benzene rings is 1. The molecule has 1 aliphatic heterocycles. The number of hydrogen-bond acceptors (Lipinski definition) is 8. The molecule has 8 nitrogen and oxygen atoms in total. The number of anilines is 1. The van der Waals surface area contributed by atoms with Crippen molar-refractivity contribution >= 4 is 40.0 Å². The van der Waals surface area contributed by atoms with Crippen LogP contribution >= 0.6 is 23.1 Å². The Hall–Kier alpha value is -2.33. The molecule has 0 saturated carbocycles. The van der Waals surface area contributed by atoms with Crippen molar-refractivity contribution in [3.05, 3.63) is 23.8 Å². The molecule has 2 amide bonds. The van der Waals surface area contributed by atoms with Gasteiger partial charge in [0.15, 0.2) is 15.8 Å². The first-order chi connectivity index (χ1) is 10.6. The third-order valence-electron chi connectivity index (χ3n) is 2.60. The summed E-state index contributed by atoms with van der Waals surface area (Å²) in [5, 5.41) is 10.7. The maximum absolute atomic E-state index is 12.1. The minimum absolute atomic E-state index is 0.116. The molecule has 0 spiro atoms. The molecule has 114 valence electrons. The SMILES string of the molecule is NC(=O)CSc1nnc(NC(=O)c2ccc3c(c2)OCO3)s1. The summed E-state index contributed by atoms with van der Waals surface area (Å²) in [7, 11) is 0. The Morgan fingerprint density at radius 1 is 1.32 bits per heavy atom. The second-order valence-corrected chi connectivity index (χ2v) is 6.35. The molecule has 1 aromatic carbocycles. The largest absolute Gasteiger partial charge is 0.454 e. The molecule has 0 unspecified atom stereocenters. The van der Waals surface area contributed by atoms with Crippen LogP contribution in [0.4, 0.5) is 5.13 Å². The standard InChI is InChI=1S/C12H10N4O4S2/c13-9(17)4-21-12-16-15-11(22-12)14-10(18)6-1-2-7-8(3-6)20-5-19-7/h1-3H,4-5H2,(H2,13,17)(H,14,15,18). The maximum atomic E-state index is 12.1. The Labute approximate surface area is 133 Å². The molecule has 22 heavy (non-hydrogen) atoms. The third-order valence-corrected chi connectivity index (χ3v) is 4.59. The van der Waals surface area contributed by atoms with Crippen molar-refractivity contribution in [1.82, 2.24) is 10.2 Å². The number of nitrogens with two attached hydrogens (primary N) is 1. The molecule has 1 aromatic heterocycles. The molecule has 0 bridgehead atoms. The van der Waals surface area contributed by atoms with E-state index in [0.29, 0.717) is 26.5 Å². The monoisotopic (exact) mass is 338 g/mol. The normalized spacial score (nSPS) is 12.2. The fourth-order valence-electron chi connectivity index (χ4n) is 1.66. The van der Waals surface area contributed by atoms with Crippen LogP contribution in [0.2, 0.25) is 0 Å². The van der Waals surface area contributed by atoms with Crippen molar-refractivity contribution in [3.63, 3.8) is 0 Å². The quantitative estimate of drug-likeness (QED) is 0.619. The number of ether oxygens (including phenoxy) is 2. The van der Waals surface area contributed by atoms with E-state index in [-0.39, 0.29) is 18.5 Å². The lowest BCUT2D eigenvalue weighted by atomic mass is 10.2. The van der Waals surface area contributed by atoms with E-state index >= 15 is 0 Å². The number of carbonyl (C=O) groups is 2. The molecule has 3 rings (SSSR count). The third kappa shape index (κ3) is 3.28. The van der Waals surface area contributed by atoms with Gasteiger partial charge in [-0.2, -0.15) is 0 Å². The van der Waals surface area contributed by atoms with Gasteiger partial charge in [-0.05, 0) is 18.2 Å². The van der Waals surface area contributed by atoms with Crippen LogP contribution in [0.25, 0.3) is 0 Å². The highest BCUT2D eigenvalue weighted by Gasteiger charge is 2.17. The minimum atomic E-state index is -0.439. The van der Waals surface area contributed by atoms with Gasteiger partial charge in [-0.3, -0.25) is 14.9 Å². The molecule has 2 aromatic rings. The van der Waals surface area contributed by atoms with Gasteiger partial charge < -0.3 is 15.2 Å². The number of fused-ring (bicyclic) bond motifs is 1. The average molecular weight is 338 g/mol. The molecule has 0 radical (unpaired) electrons. The van der Waals surface area contributed by atoms with E-state index in [0.717, 1.165) is 0 Å². The second-order valence-electron chi connectivity index (χ2n) is 4.15. The molecular weight excluding hydrogens is 328 g/mol. The van der Waals surface area contributed by atoms with Crippen LogP contribution < -0.4 is 20.5 Å².